The highest BCUT2D eigenvalue weighted by Gasteiger charge is 2.05. The molecule has 2 aromatic heterocycles. The fraction of sp³-hybridized carbons (Fsp3) is 0.227. The van der Waals surface area contributed by atoms with E-state index < -0.39 is 0 Å². The maximum absolute atomic E-state index is 5.39. The number of hydrogen-bond donors (Lipinski definition) is 3. The molecule has 3 N–H and O–H groups in total. The molecule has 2 heterocycles. The number of aromatic amines is 1. The Kier molecular flexibility index (Phi) is 5.85. The lowest BCUT2D eigenvalue weighted by Gasteiger charge is -2.10. The number of H-pyrrole nitrogens is 1. The Hall–Kier alpha value is -3.61. The predicted octanol–water partition coefficient (Wildman–Crippen LogP) is 3.67. The van der Waals surface area contributed by atoms with Crippen molar-refractivity contribution in [3.8, 4) is 5.75 Å². The molecule has 0 fully saturated rings. The molecular formula is C22H24N6O. The molecule has 0 aliphatic carbocycles. The summed E-state index contributed by atoms with van der Waals surface area (Å²) in [5.74, 6) is 2.12. The molecule has 0 atom stereocenters. The summed E-state index contributed by atoms with van der Waals surface area (Å²) < 4.78 is 5.39. The van der Waals surface area contributed by atoms with E-state index in [-0.39, 0.29) is 0 Å². The molecule has 0 saturated carbocycles. The molecule has 0 bridgehead atoms. The third-order valence-corrected chi connectivity index (χ3v) is 4.80. The number of methoxy groups -OCH3 is 1. The van der Waals surface area contributed by atoms with Gasteiger partial charge in [-0.2, -0.15) is 10.1 Å². The standard InChI is InChI=1S/C22H24N6O/c1-29-20-9-5-2-6-16(20)10-12-23-21-15-26-28-22(27-21)24-13-11-17-14-25-19-8-4-3-7-18(17)19/h2-9,14-15,25H,10-13H2,1H3,(H2,23,24,27,28). The average Bonchev–Trinajstić information content (AvgIpc) is 3.18. The number of ether oxygens (including phenoxy) is 1. The van der Waals surface area contributed by atoms with Crippen LogP contribution >= 0.6 is 0 Å². The summed E-state index contributed by atoms with van der Waals surface area (Å²) in [6.45, 7) is 1.46. The van der Waals surface area contributed by atoms with Crippen LogP contribution in [0.4, 0.5) is 11.8 Å². The molecule has 0 saturated heterocycles. The summed E-state index contributed by atoms with van der Waals surface area (Å²) >= 11 is 0. The number of aromatic nitrogens is 4. The topological polar surface area (TPSA) is 87.8 Å². The number of hydrogen-bond acceptors (Lipinski definition) is 6. The first-order valence-electron chi connectivity index (χ1n) is 9.68. The van der Waals surface area contributed by atoms with Crippen LogP contribution in [0.2, 0.25) is 0 Å². The Labute approximate surface area is 169 Å². The average molecular weight is 388 g/mol. The van der Waals surface area contributed by atoms with Crippen molar-refractivity contribution in [2.24, 2.45) is 0 Å². The number of para-hydroxylation sites is 2. The Bertz CT molecular complexity index is 1080. The zero-order valence-electron chi connectivity index (χ0n) is 16.4. The first-order valence-corrected chi connectivity index (χ1v) is 9.68. The van der Waals surface area contributed by atoms with E-state index in [0.29, 0.717) is 11.8 Å². The lowest BCUT2D eigenvalue weighted by atomic mass is 10.1. The van der Waals surface area contributed by atoms with Crippen LogP contribution in [0.25, 0.3) is 10.9 Å². The number of fused-ring (bicyclic) bond motifs is 1. The van der Waals surface area contributed by atoms with Crippen LogP contribution in [0.1, 0.15) is 11.1 Å². The van der Waals surface area contributed by atoms with E-state index in [4.69, 9.17) is 4.74 Å². The van der Waals surface area contributed by atoms with Crippen LogP contribution in [-0.4, -0.2) is 40.4 Å². The number of nitrogens with one attached hydrogen (secondary N) is 3. The van der Waals surface area contributed by atoms with Gasteiger partial charge in [0.05, 0.1) is 13.3 Å². The maximum Gasteiger partial charge on any atom is 0.244 e. The Morgan fingerprint density at radius 3 is 2.66 bits per heavy atom. The van der Waals surface area contributed by atoms with Crippen molar-refractivity contribution in [3.05, 3.63) is 72.1 Å². The molecule has 0 spiro atoms. The van der Waals surface area contributed by atoms with Crippen molar-refractivity contribution < 1.29 is 4.74 Å². The van der Waals surface area contributed by atoms with Crippen LogP contribution in [0.5, 0.6) is 5.75 Å². The van der Waals surface area contributed by atoms with Gasteiger partial charge in [-0.05, 0) is 36.1 Å². The number of anilines is 2. The molecule has 148 valence electrons. The normalized spacial score (nSPS) is 10.8. The number of rotatable bonds is 9. The maximum atomic E-state index is 5.39. The van der Waals surface area contributed by atoms with Gasteiger partial charge in [-0.15, -0.1) is 5.10 Å². The van der Waals surface area contributed by atoms with Gasteiger partial charge in [-0.1, -0.05) is 36.4 Å². The fourth-order valence-corrected chi connectivity index (χ4v) is 3.35. The van der Waals surface area contributed by atoms with Gasteiger partial charge in [0.2, 0.25) is 5.95 Å². The lowest BCUT2D eigenvalue weighted by Crippen LogP contribution is -2.12. The van der Waals surface area contributed by atoms with Crippen molar-refractivity contribution in [1.82, 2.24) is 20.2 Å². The molecule has 4 rings (SSSR count). The summed E-state index contributed by atoms with van der Waals surface area (Å²) in [5, 5.41) is 15.9. The minimum atomic E-state index is 0.520. The van der Waals surface area contributed by atoms with E-state index in [1.807, 2.05) is 24.3 Å². The van der Waals surface area contributed by atoms with Crippen LogP contribution in [-0.2, 0) is 12.8 Å². The van der Waals surface area contributed by atoms with Gasteiger partial charge in [-0.25, -0.2) is 0 Å². The molecule has 0 aliphatic heterocycles. The molecule has 0 radical (unpaired) electrons. The van der Waals surface area contributed by atoms with E-state index in [9.17, 15) is 0 Å². The highest BCUT2D eigenvalue weighted by atomic mass is 16.5. The van der Waals surface area contributed by atoms with Crippen molar-refractivity contribution in [3.63, 3.8) is 0 Å². The van der Waals surface area contributed by atoms with Crippen molar-refractivity contribution in [2.75, 3.05) is 30.8 Å². The second-order valence-electron chi connectivity index (χ2n) is 6.69. The molecule has 29 heavy (non-hydrogen) atoms. The number of nitrogens with zero attached hydrogens (tertiary/aromatic N) is 3. The van der Waals surface area contributed by atoms with Crippen molar-refractivity contribution >= 4 is 22.7 Å². The zero-order chi connectivity index (χ0) is 19.9. The minimum Gasteiger partial charge on any atom is -0.496 e. The molecule has 0 amide bonds. The lowest BCUT2D eigenvalue weighted by molar-refractivity contribution is 0.410. The second kappa shape index (κ2) is 9.05. The first kappa shape index (κ1) is 18.7. The molecule has 7 nitrogen and oxygen atoms in total. The summed E-state index contributed by atoms with van der Waals surface area (Å²) in [4.78, 5) is 7.79. The molecule has 4 aromatic rings. The van der Waals surface area contributed by atoms with Crippen LogP contribution in [0, 0.1) is 0 Å². The fourth-order valence-electron chi connectivity index (χ4n) is 3.35. The summed E-state index contributed by atoms with van der Waals surface area (Å²) in [5.41, 5.74) is 3.58. The van der Waals surface area contributed by atoms with Gasteiger partial charge in [-0.3, -0.25) is 0 Å². The Morgan fingerprint density at radius 2 is 1.72 bits per heavy atom. The van der Waals surface area contributed by atoms with Crippen LogP contribution in [0.15, 0.2) is 60.9 Å². The molecule has 2 aromatic carbocycles. The summed E-state index contributed by atoms with van der Waals surface area (Å²) in [7, 11) is 1.69. The monoisotopic (exact) mass is 388 g/mol. The third-order valence-electron chi connectivity index (χ3n) is 4.80. The third kappa shape index (κ3) is 4.63. The quantitative estimate of drug-likeness (QED) is 0.405. The molecule has 0 aliphatic rings. The Morgan fingerprint density at radius 1 is 0.931 bits per heavy atom. The SMILES string of the molecule is COc1ccccc1CCNc1cnnc(NCCc2c[nH]c3ccccc23)n1. The van der Waals surface area contributed by atoms with Gasteiger partial charge in [0.15, 0.2) is 5.82 Å². The van der Waals surface area contributed by atoms with Gasteiger partial charge in [0.1, 0.15) is 5.75 Å². The van der Waals surface area contributed by atoms with Crippen molar-refractivity contribution in [2.45, 2.75) is 12.8 Å². The first-order chi connectivity index (χ1) is 14.3. The highest BCUT2D eigenvalue weighted by molar-refractivity contribution is 5.83. The zero-order valence-corrected chi connectivity index (χ0v) is 16.4. The van der Waals surface area contributed by atoms with E-state index in [2.05, 4.69) is 61.3 Å². The van der Waals surface area contributed by atoms with Crippen LogP contribution in [0.3, 0.4) is 0 Å². The van der Waals surface area contributed by atoms with E-state index in [0.717, 1.165) is 42.8 Å². The van der Waals surface area contributed by atoms with Gasteiger partial charge >= 0.3 is 0 Å². The van der Waals surface area contributed by atoms with Crippen molar-refractivity contribution in [1.29, 1.82) is 0 Å². The minimum absolute atomic E-state index is 0.520. The number of benzene rings is 2. The molecular weight excluding hydrogens is 364 g/mol. The second-order valence-corrected chi connectivity index (χ2v) is 6.69. The summed E-state index contributed by atoms with van der Waals surface area (Å²) in [6.07, 6.45) is 5.39. The van der Waals surface area contributed by atoms with E-state index in [1.165, 1.54) is 10.9 Å². The van der Waals surface area contributed by atoms with Gasteiger partial charge in [0, 0.05) is 30.2 Å². The summed E-state index contributed by atoms with van der Waals surface area (Å²) in [6, 6.07) is 16.3. The Balaban J connectivity index is 1.29. The smallest absolute Gasteiger partial charge is 0.244 e. The molecule has 7 heteroatoms. The van der Waals surface area contributed by atoms with Gasteiger partial charge in [0.25, 0.3) is 0 Å². The van der Waals surface area contributed by atoms with E-state index >= 15 is 0 Å². The molecule has 0 unspecified atom stereocenters. The largest absolute Gasteiger partial charge is 0.496 e. The predicted molar refractivity (Wildman–Crippen MR) is 116 cm³/mol. The highest BCUT2D eigenvalue weighted by Crippen LogP contribution is 2.19. The van der Waals surface area contributed by atoms with Gasteiger partial charge < -0.3 is 20.4 Å². The van der Waals surface area contributed by atoms with Crippen LogP contribution < -0.4 is 15.4 Å². The van der Waals surface area contributed by atoms with E-state index in [1.54, 1.807) is 13.3 Å².